The zero-order valence-corrected chi connectivity index (χ0v) is 10.4. The molecule has 3 heteroatoms. The highest BCUT2D eigenvalue weighted by atomic mass is 32.1. The molecular formula is C12H19NOS. The lowest BCUT2D eigenvalue weighted by atomic mass is 10.0. The van der Waals surface area contributed by atoms with Crippen LogP contribution in [0.5, 0.6) is 0 Å². The van der Waals surface area contributed by atoms with E-state index in [4.69, 9.17) is 0 Å². The molecule has 2 aromatic rings. The van der Waals surface area contributed by atoms with E-state index in [1.165, 1.54) is 16.9 Å². The highest BCUT2D eigenvalue weighted by molar-refractivity contribution is 7.16. The van der Waals surface area contributed by atoms with Crippen LogP contribution in [0.3, 0.4) is 0 Å². The zero-order valence-electron chi connectivity index (χ0n) is 9.63. The lowest BCUT2D eigenvalue weighted by Crippen LogP contribution is -1.90. The Hall–Kier alpha value is -1.09. The molecule has 0 aliphatic rings. The van der Waals surface area contributed by atoms with E-state index in [0.717, 1.165) is 10.2 Å². The van der Waals surface area contributed by atoms with Gasteiger partial charge in [0.05, 0.1) is 10.2 Å². The van der Waals surface area contributed by atoms with E-state index >= 15 is 0 Å². The number of H-pyrrole nitrogens is 1. The van der Waals surface area contributed by atoms with Gasteiger partial charge in [-0.2, -0.15) is 0 Å². The maximum absolute atomic E-state index is 11.0. The summed E-state index contributed by atoms with van der Waals surface area (Å²) in [4.78, 5) is 13.9. The first-order valence-electron chi connectivity index (χ1n) is 5.29. The molecule has 0 aliphatic heterocycles. The molecule has 0 bridgehead atoms. The Morgan fingerprint density at radius 1 is 1.33 bits per heavy atom. The Labute approximate surface area is 95.4 Å². The van der Waals surface area contributed by atoms with Crippen molar-refractivity contribution in [3.63, 3.8) is 0 Å². The van der Waals surface area contributed by atoms with Crippen molar-refractivity contribution in [1.29, 1.82) is 0 Å². The van der Waals surface area contributed by atoms with Gasteiger partial charge in [-0.25, -0.2) is 0 Å². The molecule has 0 atom stereocenters. The molecule has 2 nitrogen and oxygen atoms in total. The minimum Gasteiger partial charge on any atom is -0.312 e. The molecule has 2 rings (SSSR count). The normalized spacial score (nSPS) is 10.2. The van der Waals surface area contributed by atoms with Gasteiger partial charge in [0.1, 0.15) is 0 Å². The molecule has 84 valence electrons. The second kappa shape index (κ2) is 5.12. The zero-order chi connectivity index (χ0) is 11.4. The first-order chi connectivity index (χ1) is 7.16. The number of thiazole rings is 1. The average molecular weight is 225 g/mol. The van der Waals surface area contributed by atoms with Gasteiger partial charge in [-0.1, -0.05) is 45.1 Å². The van der Waals surface area contributed by atoms with Crippen molar-refractivity contribution in [2.24, 2.45) is 0 Å². The second-order valence-corrected chi connectivity index (χ2v) is 4.44. The third kappa shape index (κ3) is 2.69. The van der Waals surface area contributed by atoms with Crippen LogP contribution in [0.4, 0.5) is 0 Å². The van der Waals surface area contributed by atoms with E-state index in [2.05, 4.69) is 31.0 Å². The lowest BCUT2D eigenvalue weighted by molar-refractivity contribution is 0.868. The van der Waals surface area contributed by atoms with Crippen LogP contribution in [0.15, 0.2) is 23.0 Å². The van der Waals surface area contributed by atoms with Crippen LogP contribution in [0, 0.1) is 0 Å². The topological polar surface area (TPSA) is 32.9 Å². The molecule has 0 saturated carbocycles. The molecule has 0 fully saturated rings. The standard InChI is InChI=1S/C10H11NOS.C2H6.H2/c1-6(2)7-3-4-9-8(5-7)11-10(12)13-9;1-2;/h3-6H,1-2H3,(H,11,12);1-2H3;1H. The summed E-state index contributed by atoms with van der Waals surface area (Å²) in [6.07, 6.45) is 0. The summed E-state index contributed by atoms with van der Waals surface area (Å²) in [5.74, 6) is 0.507. The summed E-state index contributed by atoms with van der Waals surface area (Å²) in [7, 11) is 0. The van der Waals surface area contributed by atoms with E-state index in [-0.39, 0.29) is 6.30 Å². The number of fused-ring (bicyclic) bond motifs is 1. The smallest absolute Gasteiger partial charge is 0.305 e. The predicted octanol–water partition coefficient (Wildman–Crippen LogP) is 3.99. The summed E-state index contributed by atoms with van der Waals surface area (Å²) < 4.78 is 1.04. The Balaban J connectivity index is 0.000000711. The van der Waals surface area contributed by atoms with E-state index in [1.54, 1.807) is 0 Å². The summed E-state index contributed by atoms with van der Waals surface area (Å²) in [5.41, 5.74) is 2.22. The van der Waals surface area contributed by atoms with Gasteiger partial charge in [0, 0.05) is 1.43 Å². The Bertz CT molecular complexity index is 487. The third-order valence-corrected chi connectivity index (χ3v) is 2.97. The van der Waals surface area contributed by atoms with Gasteiger partial charge in [0.15, 0.2) is 0 Å². The van der Waals surface area contributed by atoms with E-state index in [9.17, 15) is 4.79 Å². The molecular weight excluding hydrogens is 206 g/mol. The van der Waals surface area contributed by atoms with Crippen molar-refractivity contribution >= 4 is 21.6 Å². The molecule has 1 aromatic carbocycles. The molecule has 0 aliphatic carbocycles. The number of hydrogen-bond donors (Lipinski definition) is 1. The number of aromatic nitrogens is 1. The van der Waals surface area contributed by atoms with Crippen molar-refractivity contribution < 1.29 is 1.43 Å². The Morgan fingerprint density at radius 3 is 2.60 bits per heavy atom. The minimum atomic E-state index is 0. The summed E-state index contributed by atoms with van der Waals surface area (Å²) in [6, 6.07) is 6.14. The van der Waals surface area contributed by atoms with E-state index < -0.39 is 0 Å². The summed E-state index contributed by atoms with van der Waals surface area (Å²) in [5, 5.41) is 0. The number of hydrogen-bond acceptors (Lipinski definition) is 2. The number of aromatic amines is 1. The first-order valence-corrected chi connectivity index (χ1v) is 6.11. The average Bonchev–Trinajstić information content (AvgIpc) is 2.59. The fourth-order valence-electron chi connectivity index (χ4n) is 1.33. The van der Waals surface area contributed by atoms with Crippen LogP contribution < -0.4 is 4.87 Å². The van der Waals surface area contributed by atoms with Crippen LogP contribution in [0.25, 0.3) is 10.2 Å². The summed E-state index contributed by atoms with van der Waals surface area (Å²) in [6.45, 7) is 8.29. The van der Waals surface area contributed by atoms with Gasteiger partial charge < -0.3 is 4.98 Å². The number of nitrogens with one attached hydrogen (secondary N) is 1. The fourth-order valence-corrected chi connectivity index (χ4v) is 2.05. The van der Waals surface area contributed by atoms with E-state index in [0.29, 0.717) is 5.92 Å². The summed E-state index contributed by atoms with van der Waals surface area (Å²) >= 11 is 1.26. The van der Waals surface area contributed by atoms with Crippen LogP contribution in [-0.2, 0) is 0 Å². The van der Waals surface area contributed by atoms with Crippen LogP contribution in [0.1, 0.15) is 40.6 Å². The Morgan fingerprint density at radius 2 is 2.00 bits per heavy atom. The maximum atomic E-state index is 11.0. The fraction of sp³-hybridized carbons (Fsp3) is 0.417. The van der Waals surface area contributed by atoms with Crippen molar-refractivity contribution in [3.8, 4) is 0 Å². The lowest BCUT2D eigenvalue weighted by Gasteiger charge is -2.03. The SMILES string of the molecule is CC.CC(C)c1ccc2sc(=O)[nH]c2c1.[HH]. The van der Waals surface area contributed by atoms with Gasteiger partial charge in [-0.15, -0.1) is 0 Å². The molecule has 1 aromatic heterocycles. The van der Waals surface area contributed by atoms with Gasteiger partial charge in [-0.3, -0.25) is 4.79 Å². The van der Waals surface area contributed by atoms with Gasteiger partial charge >= 0.3 is 4.87 Å². The van der Waals surface area contributed by atoms with Crippen LogP contribution in [-0.4, -0.2) is 4.98 Å². The molecule has 15 heavy (non-hydrogen) atoms. The van der Waals surface area contributed by atoms with Crippen molar-refractivity contribution in [2.45, 2.75) is 33.6 Å². The quantitative estimate of drug-likeness (QED) is 0.782. The largest absolute Gasteiger partial charge is 0.312 e. The third-order valence-electron chi connectivity index (χ3n) is 2.11. The predicted molar refractivity (Wildman–Crippen MR) is 70.0 cm³/mol. The van der Waals surface area contributed by atoms with Crippen LogP contribution >= 0.6 is 11.3 Å². The van der Waals surface area contributed by atoms with Gasteiger partial charge in [-0.05, 0) is 23.6 Å². The van der Waals surface area contributed by atoms with Crippen molar-refractivity contribution in [2.75, 3.05) is 0 Å². The monoisotopic (exact) mass is 225 g/mol. The van der Waals surface area contributed by atoms with Crippen LogP contribution in [0.2, 0.25) is 0 Å². The minimum absolute atomic E-state index is 0. The molecule has 1 heterocycles. The number of rotatable bonds is 1. The molecule has 0 amide bonds. The van der Waals surface area contributed by atoms with Gasteiger partial charge in [0.25, 0.3) is 0 Å². The first kappa shape index (κ1) is 12.0. The van der Waals surface area contributed by atoms with Crippen molar-refractivity contribution in [1.82, 2.24) is 4.98 Å². The highest BCUT2D eigenvalue weighted by Gasteiger charge is 2.02. The maximum Gasteiger partial charge on any atom is 0.305 e. The Kier molecular flexibility index (Phi) is 4.09. The van der Waals surface area contributed by atoms with E-state index in [1.807, 2.05) is 19.9 Å². The number of benzene rings is 1. The highest BCUT2D eigenvalue weighted by Crippen LogP contribution is 2.20. The molecule has 0 saturated heterocycles. The second-order valence-electron chi connectivity index (χ2n) is 3.42. The molecule has 1 N–H and O–H groups in total. The van der Waals surface area contributed by atoms with Crippen molar-refractivity contribution in [3.05, 3.63) is 33.4 Å². The molecule has 0 unspecified atom stereocenters. The van der Waals surface area contributed by atoms with Gasteiger partial charge in [0.2, 0.25) is 0 Å². The molecule has 0 radical (unpaired) electrons. The molecule has 0 spiro atoms.